The highest BCUT2D eigenvalue weighted by molar-refractivity contribution is 5.72. The predicted octanol–water partition coefficient (Wildman–Crippen LogP) is 1.88. The number of carboxylic acid groups (broad SMARTS) is 1. The lowest BCUT2D eigenvalue weighted by Gasteiger charge is -2.36. The van der Waals surface area contributed by atoms with Crippen LogP contribution in [-0.4, -0.2) is 23.7 Å². The first-order valence-corrected chi connectivity index (χ1v) is 6.70. The molecular formula is C13H21NO2. The average molecular weight is 223 g/mol. The van der Waals surface area contributed by atoms with Crippen molar-refractivity contribution in [2.24, 2.45) is 23.7 Å². The summed E-state index contributed by atoms with van der Waals surface area (Å²) >= 11 is 0. The van der Waals surface area contributed by atoms with E-state index < -0.39 is 5.97 Å². The highest BCUT2D eigenvalue weighted by atomic mass is 16.4. The van der Waals surface area contributed by atoms with Crippen molar-refractivity contribution in [1.82, 2.24) is 5.32 Å². The molecule has 90 valence electrons. The molecule has 0 radical (unpaired) electrons. The van der Waals surface area contributed by atoms with Gasteiger partial charge in [0.15, 0.2) is 0 Å². The monoisotopic (exact) mass is 223 g/mol. The van der Waals surface area contributed by atoms with Crippen LogP contribution in [0.3, 0.4) is 0 Å². The molecule has 3 saturated carbocycles. The van der Waals surface area contributed by atoms with E-state index in [0.29, 0.717) is 0 Å². The van der Waals surface area contributed by atoms with Crippen LogP contribution in [0.15, 0.2) is 0 Å². The van der Waals surface area contributed by atoms with Crippen molar-refractivity contribution in [2.75, 3.05) is 6.54 Å². The number of hydrogen-bond donors (Lipinski definition) is 2. The van der Waals surface area contributed by atoms with Crippen LogP contribution in [0.25, 0.3) is 0 Å². The Morgan fingerprint density at radius 2 is 2.06 bits per heavy atom. The lowest BCUT2D eigenvalue weighted by Crippen LogP contribution is -2.49. The highest BCUT2D eigenvalue weighted by Crippen LogP contribution is 2.48. The zero-order valence-electron chi connectivity index (χ0n) is 9.69. The van der Waals surface area contributed by atoms with E-state index in [1.54, 1.807) is 0 Å². The summed E-state index contributed by atoms with van der Waals surface area (Å²) in [6.07, 6.45) is 7.62. The first kappa shape index (κ1) is 10.6. The van der Waals surface area contributed by atoms with Crippen LogP contribution in [-0.2, 0) is 4.79 Å². The molecule has 0 amide bonds. The van der Waals surface area contributed by atoms with Gasteiger partial charge in [-0.15, -0.1) is 0 Å². The van der Waals surface area contributed by atoms with E-state index in [1.807, 2.05) is 0 Å². The maximum Gasteiger partial charge on any atom is 0.308 e. The predicted molar refractivity (Wildman–Crippen MR) is 61.1 cm³/mol. The summed E-state index contributed by atoms with van der Waals surface area (Å²) in [5.74, 6) is 2.05. The number of carboxylic acids is 1. The molecule has 0 aliphatic heterocycles. The van der Waals surface area contributed by atoms with Crippen LogP contribution in [0.2, 0.25) is 0 Å². The van der Waals surface area contributed by atoms with Crippen molar-refractivity contribution in [1.29, 1.82) is 0 Å². The minimum atomic E-state index is -0.614. The zero-order valence-corrected chi connectivity index (χ0v) is 9.69. The van der Waals surface area contributed by atoms with Gasteiger partial charge in [0.25, 0.3) is 0 Å². The quantitative estimate of drug-likeness (QED) is 0.765. The number of nitrogens with one attached hydrogen (secondary N) is 1. The molecule has 0 heterocycles. The van der Waals surface area contributed by atoms with Gasteiger partial charge in [0.2, 0.25) is 0 Å². The molecule has 0 spiro atoms. The normalized spacial score (nSPS) is 45.6. The Labute approximate surface area is 96.6 Å². The molecule has 3 aliphatic rings. The van der Waals surface area contributed by atoms with E-state index in [4.69, 9.17) is 5.11 Å². The van der Waals surface area contributed by atoms with Crippen molar-refractivity contribution in [3.05, 3.63) is 0 Å². The topological polar surface area (TPSA) is 49.3 Å². The summed E-state index contributed by atoms with van der Waals surface area (Å²) in [5, 5.41) is 12.5. The van der Waals surface area contributed by atoms with E-state index >= 15 is 0 Å². The zero-order chi connectivity index (χ0) is 11.1. The minimum Gasteiger partial charge on any atom is -0.481 e. The molecule has 0 saturated heterocycles. The van der Waals surface area contributed by atoms with Gasteiger partial charge in [-0.05, 0) is 56.4 Å². The number of aliphatic carboxylic acids is 1. The second-order valence-corrected chi connectivity index (χ2v) is 5.97. The van der Waals surface area contributed by atoms with E-state index in [2.05, 4.69) is 5.32 Å². The van der Waals surface area contributed by atoms with E-state index in [0.717, 1.165) is 37.1 Å². The summed E-state index contributed by atoms with van der Waals surface area (Å²) in [6, 6.07) is 0.261. The summed E-state index contributed by atoms with van der Waals surface area (Å²) in [7, 11) is 0. The Morgan fingerprint density at radius 1 is 1.19 bits per heavy atom. The van der Waals surface area contributed by atoms with Gasteiger partial charge in [-0.3, -0.25) is 4.79 Å². The van der Waals surface area contributed by atoms with E-state index in [9.17, 15) is 4.79 Å². The van der Waals surface area contributed by atoms with Gasteiger partial charge in [-0.2, -0.15) is 0 Å². The summed E-state index contributed by atoms with van der Waals surface area (Å²) < 4.78 is 0. The molecule has 5 unspecified atom stereocenters. The largest absolute Gasteiger partial charge is 0.481 e. The number of carbonyl (C=O) groups is 1. The lowest BCUT2D eigenvalue weighted by molar-refractivity contribution is -0.146. The van der Waals surface area contributed by atoms with Gasteiger partial charge in [0, 0.05) is 6.04 Å². The Bertz CT molecular complexity index is 292. The van der Waals surface area contributed by atoms with Gasteiger partial charge in [0.05, 0.1) is 5.92 Å². The molecule has 3 nitrogen and oxygen atoms in total. The first-order chi connectivity index (χ1) is 7.74. The van der Waals surface area contributed by atoms with Gasteiger partial charge >= 0.3 is 5.97 Å². The second kappa shape index (κ2) is 4.02. The van der Waals surface area contributed by atoms with Gasteiger partial charge in [-0.25, -0.2) is 0 Å². The smallest absolute Gasteiger partial charge is 0.308 e. The fraction of sp³-hybridized carbons (Fsp3) is 0.923. The SMILES string of the molecule is O=C(O)C1CCC1NCC1CC2CCC1C2. The highest BCUT2D eigenvalue weighted by Gasteiger charge is 2.41. The van der Waals surface area contributed by atoms with Crippen LogP contribution in [0.1, 0.15) is 38.5 Å². The fourth-order valence-corrected chi connectivity index (χ4v) is 3.97. The van der Waals surface area contributed by atoms with Gasteiger partial charge < -0.3 is 10.4 Å². The molecule has 0 aromatic heterocycles. The maximum atomic E-state index is 10.9. The molecule has 0 aromatic rings. The summed E-state index contributed by atoms with van der Waals surface area (Å²) in [6.45, 7) is 1.07. The Kier molecular flexibility index (Phi) is 2.66. The van der Waals surface area contributed by atoms with Gasteiger partial charge in [-0.1, -0.05) is 6.42 Å². The standard InChI is InChI=1S/C13H21NO2/c15-13(16)11-3-4-12(11)14-7-10-6-8-1-2-9(10)5-8/h8-12,14H,1-7H2,(H,15,16). The first-order valence-electron chi connectivity index (χ1n) is 6.70. The van der Waals surface area contributed by atoms with Crippen LogP contribution in [0.5, 0.6) is 0 Å². The van der Waals surface area contributed by atoms with E-state index in [-0.39, 0.29) is 12.0 Å². The lowest BCUT2D eigenvalue weighted by atomic mass is 9.79. The number of fused-ring (bicyclic) bond motifs is 2. The van der Waals surface area contributed by atoms with Crippen LogP contribution in [0, 0.1) is 23.7 Å². The Balaban J connectivity index is 1.45. The van der Waals surface area contributed by atoms with Crippen LogP contribution < -0.4 is 5.32 Å². The third kappa shape index (κ3) is 1.75. The van der Waals surface area contributed by atoms with Crippen molar-refractivity contribution < 1.29 is 9.90 Å². The molecule has 3 fully saturated rings. The Morgan fingerprint density at radius 3 is 2.56 bits per heavy atom. The number of rotatable bonds is 4. The molecule has 5 atom stereocenters. The maximum absolute atomic E-state index is 10.9. The van der Waals surface area contributed by atoms with Crippen molar-refractivity contribution in [3.63, 3.8) is 0 Å². The molecule has 0 aromatic carbocycles. The molecule has 2 bridgehead atoms. The average Bonchev–Trinajstić information content (AvgIpc) is 2.76. The molecule has 3 aliphatic carbocycles. The fourth-order valence-electron chi connectivity index (χ4n) is 3.97. The third-order valence-electron chi connectivity index (χ3n) is 5.12. The molecule has 2 N–H and O–H groups in total. The van der Waals surface area contributed by atoms with Gasteiger partial charge in [0.1, 0.15) is 0 Å². The molecule has 3 rings (SSSR count). The molecule has 16 heavy (non-hydrogen) atoms. The third-order valence-corrected chi connectivity index (χ3v) is 5.12. The van der Waals surface area contributed by atoms with Crippen LogP contribution in [0.4, 0.5) is 0 Å². The van der Waals surface area contributed by atoms with E-state index in [1.165, 1.54) is 25.7 Å². The second-order valence-electron chi connectivity index (χ2n) is 5.97. The molecule has 3 heteroatoms. The van der Waals surface area contributed by atoms with Crippen molar-refractivity contribution in [2.45, 2.75) is 44.6 Å². The number of hydrogen-bond acceptors (Lipinski definition) is 2. The summed E-state index contributed by atoms with van der Waals surface area (Å²) in [5.41, 5.74) is 0. The van der Waals surface area contributed by atoms with Crippen LogP contribution >= 0.6 is 0 Å². The Hall–Kier alpha value is -0.570. The van der Waals surface area contributed by atoms with Crippen molar-refractivity contribution >= 4 is 5.97 Å². The molecular weight excluding hydrogens is 202 g/mol. The minimum absolute atomic E-state index is 0.112. The van der Waals surface area contributed by atoms with Crippen molar-refractivity contribution in [3.8, 4) is 0 Å². The summed E-state index contributed by atoms with van der Waals surface area (Å²) in [4.78, 5) is 10.9.